The molecule has 0 fully saturated rings. The molecule has 31 heavy (non-hydrogen) atoms. The predicted octanol–water partition coefficient (Wildman–Crippen LogP) is 4.93. The van der Waals surface area contributed by atoms with Crippen molar-refractivity contribution >= 4 is 33.3 Å². The Bertz CT molecular complexity index is 1380. The van der Waals surface area contributed by atoms with Crippen molar-refractivity contribution in [3.63, 3.8) is 0 Å². The first-order valence-electron chi connectivity index (χ1n) is 9.88. The summed E-state index contributed by atoms with van der Waals surface area (Å²) < 4.78 is 11.3. The van der Waals surface area contributed by atoms with Crippen LogP contribution in [0.3, 0.4) is 0 Å². The van der Waals surface area contributed by atoms with Crippen LogP contribution in [0.2, 0.25) is 0 Å². The molecular weight excluding hydrogens is 412 g/mol. The van der Waals surface area contributed by atoms with Crippen LogP contribution in [0.4, 0.5) is 5.13 Å². The average molecular weight is 433 g/mol. The predicted molar refractivity (Wildman–Crippen MR) is 120 cm³/mol. The van der Waals surface area contributed by atoms with Crippen LogP contribution in [0.5, 0.6) is 5.75 Å². The Kier molecular flexibility index (Phi) is 4.44. The van der Waals surface area contributed by atoms with Gasteiger partial charge in [0.1, 0.15) is 11.3 Å². The number of ether oxygens (including phenoxy) is 1. The Morgan fingerprint density at radius 1 is 1.06 bits per heavy atom. The van der Waals surface area contributed by atoms with Crippen molar-refractivity contribution in [2.24, 2.45) is 0 Å². The second-order valence-electron chi connectivity index (χ2n) is 7.66. The van der Waals surface area contributed by atoms with Crippen LogP contribution in [0, 0.1) is 20.8 Å². The van der Waals surface area contributed by atoms with Gasteiger partial charge in [-0.3, -0.25) is 14.5 Å². The van der Waals surface area contributed by atoms with Gasteiger partial charge in [-0.25, -0.2) is 4.98 Å². The van der Waals surface area contributed by atoms with E-state index < -0.39 is 6.04 Å². The fourth-order valence-electron chi connectivity index (χ4n) is 3.90. The summed E-state index contributed by atoms with van der Waals surface area (Å²) in [5, 5.41) is 0.968. The Hall–Kier alpha value is -3.45. The second-order valence-corrected chi connectivity index (χ2v) is 8.84. The number of carbonyl (C=O) groups excluding carboxylic acids is 1. The topological polar surface area (TPSA) is 72.6 Å². The smallest absolute Gasteiger partial charge is 0.297 e. The number of aryl methyl sites for hydroxylation is 3. The van der Waals surface area contributed by atoms with Crippen LogP contribution in [-0.4, -0.2) is 18.0 Å². The molecule has 2 aromatic carbocycles. The van der Waals surface area contributed by atoms with Gasteiger partial charge in [-0.1, -0.05) is 29.8 Å². The van der Waals surface area contributed by atoms with Crippen molar-refractivity contribution in [3.05, 3.63) is 85.7 Å². The van der Waals surface area contributed by atoms with Gasteiger partial charge in [0.05, 0.1) is 29.8 Å². The minimum atomic E-state index is -0.601. The van der Waals surface area contributed by atoms with E-state index >= 15 is 0 Å². The highest BCUT2D eigenvalue weighted by Gasteiger charge is 2.45. The summed E-state index contributed by atoms with van der Waals surface area (Å²) in [5.74, 6) is 0.247. The molecule has 7 heteroatoms. The number of hydrogen-bond acceptors (Lipinski definition) is 6. The van der Waals surface area contributed by atoms with Gasteiger partial charge in [0.15, 0.2) is 10.6 Å². The van der Waals surface area contributed by atoms with Crippen molar-refractivity contribution in [3.8, 4) is 5.75 Å². The molecule has 1 aliphatic rings. The van der Waals surface area contributed by atoms with Crippen LogP contribution in [0.1, 0.15) is 43.9 Å². The Morgan fingerprint density at radius 3 is 2.45 bits per heavy atom. The number of anilines is 1. The van der Waals surface area contributed by atoms with E-state index in [1.54, 1.807) is 30.2 Å². The lowest BCUT2D eigenvalue weighted by atomic mass is 9.98. The van der Waals surface area contributed by atoms with E-state index in [2.05, 4.69) is 4.98 Å². The number of carbonyl (C=O) groups is 1. The minimum Gasteiger partial charge on any atom is -0.497 e. The van der Waals surface area contributed by atoms with Gasteiger partial charge < -0.3 is 9.15 Å². The van der Waals surface area contributed by atoms with Gasteiger partial charge in [-0.2, -0.15) is 0 Å². The summed E-state index contributed by atoms with van der Waals surface area (Å²) in [6.07, 6.45) is 0. The number of nitrogens with zero attached hydrogens (tertiary/aromatic N) is 2. The van der Waals surface area contributed by atoms with Crippen LogP contribution in [0.25, 0.3) is 11.0 Å². The molecule has 0 spiro atoms. The third kappa shape index (κ3) is 2.96. The summed E-state index contributed by atoms with van der Waals surface area (Å²) in [7, 11) is 1.54. The van der Waals surface area contributed by atoms with Gasteiger partial charge >= 0.3 is 0 Å². The van der Waals surface area contributed by atoms with Crippen LogP contribution in [0.15, 0.2) is 51.7 Å². The molecule has 0 N–H and O–H groups in total. The summed E-state index contributed by atoms with van der Waals surface area (Å²) in [6, 6.07) is 12.3. The SMILES string of the molecule is COc1ccc2c(=O)c3c(oc2c1)C(=O)N(c1nc(C)c(C)s1)C3c1ccc(C)cc1. The van der Waals surface area contributed by atoms with Gasteiger partial charge in [0.25, 0.3) is 5.91 Å². The van der Waals surface area contributed by atoms with E-state index in [1.165, 1.54) is 11.3 Å². The first-order chi connectivity index (χ1) is 14.9. The van der Waals surface area contributed by atoms with Crippen molar-refractivity contribution in [1.82, 2.24) is 4.98 Å². The van der Waals surface area contributed by atoms with Crippen LogP contribution in [-0.2, 0) is 0 Å². The van der Waals surface area contributed by atoms with Crippen molar-refractivity contribution in [2.75, 3.05) is 12.0 Å². The lowest BCUT2D eigenvalue weighted by molar-refractivity contribution is 0.0971. The minimum absolute atomic E-state index is 0.0573. The van der Waals surface area contributed by atoms with Gasteiger partial charge in [-0.15, -0.1) is 11.3 Å². The second kappa shape index (κ2) is 7.06. The Morgan fingerprint density at radius 2 is 1.81 bits per heavy atom. The van der Waals surface area contributed by atoms with Crippen LogP contribution >= 0.6 is 11.3 Å². The zero-order valence-electron chi connectivity index (χ0n) is 17.6. The summed E-state index contributed by atoms with van der Waals surface area (Å²) in [4.78, 5) is 34.3. The number of hydrogen-bond donors (Lipinski definition) is 0. The molecule has 3 heterocycles. The van der Waals surface area contributed by atoms with Crippen molar-refractivity contribution < 1.29 is 13.9 Å². The zero-order valence-corrected chi connectivity index (χ0v) is 18.4. The first kappa shape index (κ1) is 19.5. The molecule has 1 atom stereocenters. The summed E-state index contributed by atoms with van der Waals surface area (Å²) in [6.45, 7) is 5.88. The molecule has 1 amide bonds. The van der Waals surface area contributed by atoms with E-state index in [4.69, 9.17) is 9.15 Å². The van der Waals surface area contributed by atoms with E-state index in [9.17, 15) is 9.59 Å². The lowest BCUT2D eigenvalue weighted by Crippen LogP contribution is -2.29. The third-order valence-corrected chi connectivity index (χ3v) is 6.77. The Balaban J connectivity index is 1.80. The fraction of sp³-hybridized carbons (Fsp3) is 0.208. The standard InChI is InChI=1S/C24H20N2O4S/c1-12-5-7-15(8-6-12)20-19-21(27)17-10-9-16(29-4)11-18(17)30-22(19)23(28)26(20)24-25-13(2)14(3)31-24/h5-11,20H,1-4H3. The fourth-order valence-corrected chi connectivity index (χ4v) is 4.83. The molecule has 2 aromatic heterocycles. The zero-order chi connectivity index (χ0) is 21.9. The van der Waals surface area contributed by atoms with E-state index in [0.717, 1.165) is 21.7 Å². The molecule has 156 valence electrons. The number of benzene rings is 2. The van der Waals surface area contributed by atoms with E-state index in [0.29, 0.717) is 27.4 Å². The number of fused-ring (bicyclic) bond motifs is 2. The van der Waals surface area contributed by atoms with E-state index in [1.807, 2.05) is 45.0 Å². The summed E-state index contributed by atoms with van der Waals surface area (Å²) in [5.41, 5.74) is 3.25. The molecule has 1 unspecified atom stereocenters. The largest absolute Gasteiger partial charge is 0.497 e. The first-order valence-corrected chi connectivity index (χ1v) is 10.7. The molecule has 0 radical (unpaired) electrons. The maximum Gasteiger partial charge on any atom is 0.297 e. The molecule has 0 bridgehead atoms. The molecule has 6 nitrogen and oxygen atoms in total. The van der Waals surface area contributed by atoms with Crippen molar-refractivity contribution in [1.29, 1.82) is 0 Å². The molecule has 0 saturated carbocycles. The number of aromatic nitrogens is 1. The molecule has 1 aliphatic heterocycles. The van der Waals surface area contributed by atoms with Gasteiger partial charge in [0.2, 0.25) is 5.76 Å². The molecular formula is C24H20N2O4S. The maximum atomic E-state index is 13.6. The van der Waals surface area contributed by atoms with Crippen molar-refractivity contribution in [2.45, 2.75) is 26.8 Å². The quantitative estimate of drug-likeness (QED) is 0.459. The summed E-state index contributed by atoms with van der Waals surface area (Å²) >= 11 is 1.43. The number of thiazole rings is 1. The maximum absolute atomic E-state index is 13.6. The Labute approximate surface area is 182 Å². The van der Waals surface area contributed by atoms with E-state index in [-0.39, 0.29) is 17.1 Å². The normalized spacial score (nSPS) is 15.5. The third-order valence-electron chi connectivity index (χ3n) is 5.70. The molecule has 0 aliphatic carbocycles. The number of rotatable bonds is 3. The highest BCUT2D eigenvalue weighted by molar-refractivity contribution is 7.15. The molecule has 4 aromatic rings. The van der Waals surface area contributed by atoms with Crippen LogP contribution < -0.4 is 15.1 Å². The average Bonchev–Trinajstić information content (AvgIpc) is 3.24. The highest BCUT2D eigenvalue weighted by atomic mass is 32.1. The highest BCUT2D eigenvalue weighted by Crippen LogP contribution is 2.43. The molecule has 0 saturated heterocycles. The number of amides is 1. The lowest BCUT2D eigenvalue weighted by Gasteiger charge is -2.22. The monoisotopic (exact) mass is 432 g/mol. The van der Waals surface area contributed by atoms with Gasteiger partial charge in [0, 0.05) is 10.9 Å². The molecule has 5 rings (SSSR count). The number of methoxy groups -OCH3 is 1. The van der Waals surface area contributed by atoms with Gasteiger partial charge in [-0.05, 0) is 38.5 Å².